The zero-order chi connectivity index (χ0) is 19.2. The van der Waals surface area contributed by atoms with Crippen LogP contribution in [0.4, 0.5) is 4.79 Å². The van der Waals surface area contributed by atoms with Gasteiger partial charge in [-0.3, -0.25) is 4.79 Å². The third kappa shape index (κ3) is 6.06. The van der Waals surface area contributed by atoms with E-state index in [0.29, 0.717) is 25.1 Å². The second-order valence-corrected chi connectivity index (χ2v) is 7.48. The highest BCUT2D eigenvalue weighted by Crippen LogP contribution is 2.22. The van der Waals surface area contributed by atoms with Crippen molar-refractivity contribution in [2.24, 2.45) is 11.1 Å². The summed E-state index contributed by atoms with van der Waals surface area (Å²) in [5.41, 5.74) is 0.133. The molecular formula is C19H27N3O4. The minimum absolute atomic E-state index is 0.141. The van der Waals surface area contributed by atoms with Crippen LogP contribution in [-0.4, -0.2) is 46.6 Å². The Hall–Kier alpha value is -2.57. The van der Waals surface area contributed by atoms with Gasteiger partial charge in [-0.05, 0) is 39.5 Å². The average Bonchev–Trinajstić information content (AvgIpc) is 2.59. The van der Waals surface area contributed by atoms with Crippen LogP contribution in [0, 0.1) is 5.92 Å². The predicted octanol–water partition coefficient (Wildman–Crippen LogP) is 2.98. The minimum Gasteiger partial charge on any atom is -0.444 e. The van der Waals surface area contributed by atoms with Crippen molar-refractivity contribution in [3.8, 4) is 0 Å². The van der Waals surface area contributed by atoms with Crippen molar-refractivity contribution in [1.29, 1.82) is 0 Å². The molecule has 1 aromatic rings. The summed E-state index contributed by atoms with van der Waals surface area (Å²) in [4.78, 5) is 26.0. The second kappa shape index (κ2) is 8.69. The van der Waals surface area contributed by atoms with E-state index in [4.69, 9.17) is 9.94 Å². The Morgan fingerprint density at radius 1 is 1.23 bits per heavy atom. The first-order valence-electron chi connectivity index (χ1n) is 8.84. The lowest BCUT2D eigenvalue weighted by Gasteiger charge is -2.33. The number of carbonyl (C=O) groups is 2. The molecule has 1 aromatic carbocycles. The summed E-state index contributed by atoms with van der Waals surface area (Å²) >= 11 is 0. The molecule has 2 N–H and O–H groups in total. The molecule has 1 aliphatic rings. The maximum absolute atomic E-state index is 12.2. The molecule has 1 fully saturated rings. The molecule has 0 saturated carbocycles. The van der Waals surface area contributed by atoms with E-state index in [9.17, 15) is 9.59 Å². The van der Waals surface area contributed by atoms with Gasteiger partial charge in [0.15, 0.2) is 5.84 Å². The third-order valence-corrected chi connectivity index (χ3v) is 4.15. The zero-order valence-corrected chi connectivity index (χ0v) is 15.6. The van der Waals surface area contributed by atoms with Gasteiger partial charge in [0, 0.05) is 25.1 Å². The first-order valence-corrected chi connectivity index (χ1v) is 8.84. The number of amidine groups is 1. The fourth-order valence-electron chi connectivity index (χ4n) is 2.84. The molecule has 0 atom stereocenters. The van der Waals surface area contributed by atoms with Gasteiger partial charge in [0.05, 0.1) is 0 Å². The summed E-state index contributed by atoms with van der Waals surface area (Å²) in [6, 6.07) is 8.97. The normalized spacial score (nSPS) is 16.3. The number of ether oxygens (including phenoxy) is 1. The lowest BCUT2D eigenvalue weighted by molar-refractivity contribution is -0.120. The molecule has 7 nitrogen and oxygen atoms in total. The SMILES string of the molecule is CC(C)(C)OC(=O)N1CCC(CC(=O)N/C(=N/O)c2ccccc2)CC1. The van der Waals surface area contributed by atoms with Crippen LogP contribution < -0.4 is 5.32 Å². The van der Waals surface area contributed by atoms with Crippen LogP contribution in [0.1, 0.15) is 45.6 Å². The Morgan fingerprint density at radius 3 is 2.38 bits per heavy atom. The molecule has 2 amide bonds. The number of oxime groups is 1. The lowest BCUT2D eigenvalue weighted by Crippen LogP contribution is -2.42. The van der Waals surface area contributed by atoms with Crippen molar-refractivity contribution in [3.63, 3.8) is 0 Å². The van der Waals surface area contributed by atoms with E-state index in [1.165, 1.54) is 0 Å². The highest BCUT2D eigenvalue weighted by molar-refractivity contribution is 6.07. The van der Waals surface area contributed by atoms with Gasteiger partial charge >= 0.3 is 6.09 Å². The number of rotatable bonds is 3. The monoisotopic (exact) mass is 361 g/mol. The van der Waals surface area contributed by atoms with Gasteiger partial charge in [-0.2, -0.15) is 0 Å². The Bertz CT molecular complexity index is 644. The Balaban J connectivity index is 1.80. The Labute approximate surface area is 154 Å². The van der Waals surface area contributed by atoms with Crippen LogP contribution >= 0.6 is 0 Å². The fraction of sp³-hybridized carbons (Fsp3) is 0.526. The molecule has 26 heavy (non-hydrogen) atoms. The van der Waals surface area contributed by atoms with Crippen molar-refractivity contribution in [1.82, 2.24) is 10.2 Å². The van der Waals surface area contributed by atoms with Gasteiger partial charge < -0.3 is 20.2 Å². The van der Waals surface area contributed by atoms with Crippen molar-refractivity contribution in [3.05, 3.63) is 35.9 Å². The summed E-state index contributed by atoms with van der Waals surface area (Å²) in [5, 5.41) is 15.0. The minimum atomic E-state index is -0.509. The summed E-state index contributed by atoms with van der Waals surface area (Å²) in [6.07, 6.45) is 1.50. The number of amides is 2. The number of nitrogens with one attached hydrogen (secondary N) is 1. The number of hydrogen-bond donors (Lipinski definition) is 2. The van der Waals surface area contributed by atoms with Crippen LogP contribution in [0.5, 0.6) is 0 Å². The molecule has 2 rings (SSSR count). The van der Waals surface area contributed by atoms with Crippen LogP contribution in [0.3, 0.4) is 0 Å². The molecule has 0 spiro atoms. The topological polar surface area (TPSA) is 91.2 Å². The highest BCUT2D eigenvalue weighted by atomic mass is 16.6. The first-order chi connectivity index (χ1) is 12.3. The summed E-state index contributed by atoms with van der Waals surface area (Å²) in [6.45, 7) is 6.68. The van der Waals surface area contributed by atoms with Gasteiger partial charge in [0.2, 0.25) is 5.91 Å². The molecule has 0 aliphatic carbocycles. The molecule has 7 heteroatoms. The number of piperidine rings is 1. The molecule has 0 radical (unpaired) electrons. The van der Waals surface area contributed by atoms with Gasteiger partial charge in [-0.1, -0.05) is 35.5 Å². The van der Waals surface area contributed by atoms with Gasteiger partial charge in [-0.15, -0.1) is 0 Å². The van der Waals surface area contributed by atoms with E-state index < -0.39 is 5.60 Å². The third-order valence-electron chi connectivity index (χ3n) is 4.15. The van der Waals surface area contributed by atoms with Gasteiger partial charge in [0.1, 0.15) is 5.60 Å². The summed E-state index contributed by atoms with van der Waals surface area (Å²) in [7, 11) is 0. The number of hydrogen-bond acceptors (Lipinski definition) is 5. The number of benzene rings is 1. The van der Waals surface area contributed by atoms with Crippen LogP contribution in [0.15, 0.2) is 35.5 Å². The van der Waals surface area contributed by atoms with Crippen molar-refractivity contribution in [2.75, 3.05) is 13.1 Å². The molecular weight excluding hydrogens is 334 g/mol. The quantitative estimate of drug-likeness (QED) is 0.375. The van der Waals surface area contributed by atoms with E-state index in [1.807, 2.05) is 26.8 Å². The van der Waals surface area contributed by atoms with E-state index in [1.54, 1.807) is 29.2 Å². The van der Waals surface area contributed by atoms with E-state index in [2.05, 4.69) is 10.5 Å². The van der Waals surface area contributed by atoms with Crippen LogP contribution in [0.2, 0.25) is 0 Å². The van der Waals surface area contributed by atoms with E-state index >= 15 is 0 Å². The molecule has 1 saturated heterocycles. The van der Waals surface area contributed by atoms with Crippen LogP contribution in [0.25, 0.3) is 0 Å². The van der Waals surface area contributed by atoms with Crippen molar-refractivity contribution < 1.29 is 19.5 Å². The van der Waals surface area contributed by atoms with Gasteiger partial charge in [-0.25, -0.2) is 4.79 Å². The molecule has 0 aromatic heterocycles. The largest absolute Gasteiger partial charge is 0.444 e. The Morgan fingerprint density at radius 2 is 1.85 bits per heavy atom. The predicted molar refractivity (Wildman–Crippen MR) is 98.1 cm³/mol. The molecule has 0 unspecified atom stereocenters. The second-order valence-electron chi connectivity index (χ2n) is 7.48. The number of nitrogens with zero attached hydrogens (tertiary/aromatic N) is 2. The number of carbonyl (C=O) groups excluding carboxylic acids is 2. The molecule has 1 aliphatic heterocycles. The smallest absolute Gasteiger partial charge is 0.410 e. The summed E-state index contributed by atoms with van der Waals surface area (Å²) < 4.78 is 5.37. The molecule has 1 heterocycles. The zero-order valence-electron chi connectivity index (χ0n) is 15.6. The average molecular weight is 361 g/mol. The maximum Gasteiger partial charge on any atom is 0.410 e. The summed E-state index contributed by atoms with van der Waals surface area (Å²) in [5.74, 6) is 0.128. The lowest BCUT2D eigenvalue weighted by atomic mass is 9.93. The fourth-order valence-corrected chi connectivity index (χ4v) is 2.84. The van der Waals surface area contributed by atoms with Crippen LogP contribution in [-0.2, 0) is 9.53 Å². The van der Waals surface area contributed by atoms with Gasteiger partial charge in [0.25, 0.3) is 0 Å². The first kappa shape index (κ1) is 19.8. The Kier molecular flexibility index (Phi) is 6.60. The number of likely N-dealkylation sites (tertiary alicyclic amines) is 1. The van der Waals surface area contributed by atoms with E-state index in [-0.39, 0.29) is 23.8 Å². The van der Waals surface area contributed by atoms with E-state index in [0.717, 1.165) is 12.8 Å². The highest BCUT2D eigenvalue weighted by Gasteiger charge is 2.28. The molecule has 142 valence electrons. The molecule has 0 bridgehead atoms. The standard InChI is InChI=1S/C19H27N3O4/c1-19(2,3)26-18(24)22-11-9-14(10-12-22)13-16(23)20-17(21-25)15-7-5-4-6-8-15/h4-8,14,25H,9-13H2,1-3H3,(H,20,21,23). The van der Waals surface area contributed by atoms with Crippen molar-refractivity contribution in [2.45, 2.75) is 45.6 Å². The van der Waals surface area contributed by atoms with Crippen molar-refractivity contribution >= 4 is 17.8 Å². The maximum atomic E-state index is 12.2.